The van der Waals surface area contributed by atoms with E-state index in [0.29, 0.717) is 10.7 Å². The van der Waals surface area contributed by atoms with Gasteiger partial charge in [0.25, 0.3) is 5.88 Å². The predicted molar refractivity (Wildman–Crippen MR) is 45.8 cm³/mol. The van der Waals surface area contributed by atoms with E-state index in [1.807, 2.05) is 0 Å². The second-order valence-electron chi connectivity index (χ2n) is 2.78. The highest BCUT2D eigenvalue weighted by Crippen LogP contribution is 2.26. The van der Waals surface area contributed by atoms with Gasteiger partial charge in [0, 0.05) is 13.1 Å². The van der Waals surface area contributed by atoms with Crippen LogP contribution in [-0.4, -0.2) is 34.8 Å². The van der Waals surface area contributed by atoms with Gasteiger partial charge in [0.15, 0.2) is 0 Å². The van der Waals surface area contributed by atoms with Gasteiger partial charge in [0.1, 0.15) is 5.69 Å². The van der Waals surface area contributed by atoms with Gasteiger partial charge in [-0.1, -0.05) is 0 Å². The van der Waals surface area contributed by atoms with E-state index in [0.717, 1.165) is 7.05 Å². The summed E-state index contributed by atoms with van der Waals surface area (Å²) in [5, 5.41) is 11.7. The van der Waals surface area contributed by atoms with Gasteiger partial charge in [-0.25, -0.2) is 4.79 Å². The van der Waals surface area contributed by atoms with Crippen molar-refractivity contribution >= 4 is 16.1 Å². The zero-order chi connectivity index (χ0) is 13.4. The molecule has 1 N–H and O–H groups in total. The number of rotatable bonds is 3. The lowest BCUT2D eigenvalue weighted by Gasteiger charge is -2.06. The minimum atomic E-state index is -5.85. The van der Waals surface area contributed by atoms with E-state index in [4.69, 9.17) is 5.11 Å². The maximum atomic E-state index is 11.9. The van der Waals surface area contributed by atoms with Gasteiger partial charge in [-0.05, 0) is 0 Å². The number of nitrogens with zero attached hydrogens (tertiary/aromatic N) is 2. The van der Waals surface area contributed by atoms with Crippen LogP contribution in [0.1, 0.15) is 10.5 Å². The number of hydrogen-bond donors (Lipinski definition) is 1. The first-order valence-electron chi connectivity index (χ1n) is 3.82. The summed E-state index contributed by atoms with van der Waals surface area (Å²) < 4.78 is 61.2. The van der Waals surface area contributed by atoms with E-state index >= 15 is 0 Å². The van der Waals surface area contributed by atoms with Gasteiger partial charge in [-0.3, -0.25) is 4.68 Å². The Morgan fingerprint density at radius 1 is 1.53 bits per heavy atom. The Kier molecular flexibility index (Phi) is 3.05. The zero-order valence-electron chi connectivity index (χ0n) is 8.09. The number of halogens is 3. The lowest BCUT2D eigenvalue weighted by atomic mass is 10.4. The van der Waals surface area contributed by atoms with E-state index in [9.17, 15) is 26.4 Å². The largest absolute Gasteiger partial charge is 0.534 e. The highest BCUT2D eigenvalue weighted by atomic mass is 32.2. The Hall–Kier alpha value is -1.78. The van der Waals surface area contributed by atoms with Crippen molar-refractivity contribution in [2.75, 3.05) is 0 Å². The molecule has 0 aliphatic rings. The van der Waals surface area contributed by atoms with Crippen LogP contribution in [0.2, 0.25) is 0 Å². The molecule has 0 aliphatic heterocycles. The van der Waals surface area contributed by atoms with Crippen LogP contribution in [0.25, 0.3) is 0 Å². The normalized spacial score (nSPS) is 12.5. The van der Waals surface area contributed by atoms with E-state index in [1.165, 1.54) is 0 Å². The molecular weight excluding hydrogens is 269 g/mol. The molecule has 1 aromatic heterocycles. The Labute approximate surface area is 92.5 Å². The molecule has 96 valence electrons. The van der Waals surface area contributed by atoms with Crippen molar-refractivity contribution in [3.05, 3.63) is 11.8 Å². The number of aromatic nitrogens is 2. The maximum absolute atomic E-state index is 11.9. The second-order valence-corrected chi connectivity index (χ2v) is 4.32. The molecule has 0 bridgehead atoms. The number of aromatic carboxylic acids is 1. The van der Waals surface area contributed by atoms with E-state index < -0.39 is 33.2 Å². The van der Waals surface area contributed by atoms with Crippen LogP contribution in [0.3, 0.4) is 0 Å². The molecule has 0 aliphatic carbocycles. The van der Waals surface area contributed by atoms with Crippen LogP contribution in [0.15, 0.2) is 6.07 Å². The monoisotopic (exact) mass is 274 g/mol. The van der Waals surface area contributed by atoms with Gasteiger partial charge in [0.05, 0.1) is 0 Å². The number of alkyl halides is 3. The van der Waals surface area contributed by atoms with E-state index in [2.05, 4.69) is 9.28 Å². The summed E-state index contributed by atoms with van der Waals surface area (Å²) in [4.78, 5) is 10.5. The van der Waals surface area contributed by atoms with Gasteiger partial charge in [0.2, 0.25) is 0 Å². The average molecular weight is 274 g/mol. The standard InChI is InChI=1S/C6H5F3N2O5S/c1-11-3(5(12)13)2-4(10-11)16-17(14,15)6(7,8)9/h2H,1H3,(H,12,13). The first-order valence-corrected chi connectivity index (χ1v) is 5.23. The lowest BCUT2D eigenvalue weighted by Crippen LogP contribution is -2.28. The van der Waals surface area contributed by atoms with Crippen molar-refractivity contribution in [1.82, 2.24) is 9.78 Å². The molecule has 1 rings (SSSR count). The van der Waals surface area contributed by atoms with Crippen molar-refractivity contribution in [3.63, 3.8) is 0 Å². The molecule has 0 unspecified atom stereocenters. The smallest absolute Gasteiger partial charge is 0.477 e. The highest BCUT2D eigenvalue weighted by Gasteiger charge is 2.49. The third kappa shape index (κ3) is 2.67. The average Bonchev–Trinajstić information content (AvgIpc) is 2.43. The molecule has 0 saturated heterocycles. The number of carbonyl (C=O) groups is 1. The molecule has 0 radical (unpaired) electrons. The zero-order valence-corrected chi connectivity index (χ0v) is 8.91. The first-order chi connectivity index (χ1) is 7.54. The van der Waals surface area contributed by atoms with Gasteiger partial charge in [-0.2, -0.15) is 21.6 Å². The molecule has 0 amide bonds. The van der Waals surface area contributed by atoms with Crippen LogP contribution >= 0.6 is 0 Å². The summed E-state index contributed by atoms with van der Waals surface area (Å²) in [5.74, 6) is -2.46. The fourth-order valence-corrected chi connectivity index (χ4v) is 1.24. The minimum Gasteiger partial charge on any atom is -0.477 e. The summed E-state index contributed by atoms with van der Waals surface area (Å²) in [6.45, 7) is 0. The molecular formula is C6H5F3N2O5S. The molecule has 0 spiro atoms. The Balaban J connectivity index is 3.06. The van der Waals surface area contributed by atoms with Gasteiger partial charge >= 0.3 is 21.6 Å². The van der Waals surface area contributed by atoms with Crippen LogP contribution < -0.4 is 4.18 Å². The summed E-state index contributed by atoms with van der Waals surface area (Å²) in [5.41, 5.74) is -6.12. The van der Waals surface area contributed by atoms with Crippen LogP contribution in [-0.2, 0) is 17.2 Å². The molecule has 17 heavy (non-hydrogen) atoms. The minimum absolute atomic E-state index is 0.516. The van der Waals surface area contributed by atoms with E-state index in [-0.39, 0.29) is 0 Å². The Morgan fingerprint density at radius 3 is 2.41 bits per heavy atom. The summed E-state index contributed by atoms with van der Waals surface area (Å²) in [7, 11) is -4.74. The maximum Gasteiger partial charge on any atom is 0.534 e. The molecule has 1 heterocycles. The Morgan fingerprint density at radius 2 is 2.06 bits per heavy atom. The Bertz CT molecular complexity index is 546. The summed E-state index contributed by atoms with van der Waals surface area (Å²) in [6, 6.07) is 0.561. The lowest BCUT2D eigenvalue weighted by molar-refractivity contribution is -0.0501. The van der Waals surface area contributed by atoms with Crippen LogP contribution in [0.4, 0.5) is 13.2 Å². The van der Waals surface area contributed by atoms with Crippen molar-refractivity contribution in [2.45, 2.75) is 5.51 Å². The predicted octanol–water partition coefficient (Wildman–Crippen LogP) is 0.347. The quantitative estimate of drug-likeness (QED) is 0.630. The second kappa shape index (κ2) is 3.91. The molecule has 0 aromatic carbocycles. The van der Waals surface area contributed by atoms with Crippen molar-refractivity contribution in [3.8, 4) is 5.88 Å². The van der Waals surface area contributed by atoms with E-state index in [1.54, 1.807) is 0 Å². The molecule has 1 aromatic rings. The van der Waals surface area contributed by atoms with Gasteiger partial charge < -0.3 is 9.29 Å². The fraction of sp³-hybridized carbons (Fsp3) is 0.333. The number of carboxylic acid groups (broad SMARTS) is 1. The molecule has 0 atom stereocenters. The summed E-state index contributed by atoms with van der Waals surface area (Å²) in [6.07, 6.45) is 0. The third-order valence-electron chi connectivity index (χ3n) is 1.56. The SMILES string of the molecule is Cn1nc(OS(=O)(=O)C(F)(F)F)cc1C(=O)O. The third-order valence-corrected chi connectivity index (χ3v) is 2.51. The number of aryl methyl sites for hydroxylation is 1. The molecule has 7 nitrogen and oxygen atoms in total. The molecule has 0 saturated carbocycles. The number of hydrogen-bond acceptors (Lipinski definition) is 5. The topological polar surface area (TPSA) is 98.5 Å². The first kappa shape index (κ1) is 13.3. The van der Waals surface area contributed by atoms with Gasteiger partial charge in [-0.15, -0.1) is 5.10 Å². The highest BCUT2D eigenvalue weighted by molar-refractivity contribution is 7.87. The molecule has 11 heteroatoms. The fourth-order valence-electron chi connectivity index (χ4n) is 0.841. The van der Waals surface area contributed by atoms with Crippen molar-refractivity contribution in [2.24, 2.45) is 7.05 Å². The van der Waals surface area contributed by atoms with Crippen molar-refractivity contribution < 1.29 is 35.7 Å². The van der Waals surface area contributed by atoms with Crippen molar-refractivity contribution in [1.29, 1.82) is 0 Å². The number of carboxylic acids is 1. The van der Waals surface area contributed by atoms with Crippen LogP contribution in [0.5, 0.6) is 5.88 Å². The molecule has 0 fully saturated rings. The van der Waals surface area contributed by atoms with Crippen LogP contribution in [0, 0.1) is 0 Å². The summed E-state index contributed by atoms with van der Waals surface area (Å²) >= 11 is 0.